The average Bonchev–Trinajstić information content (AvgIpc) is 3.63. The van der Waals surface area contributed by atoms with Gasteiger partial charge < -0.3 is 14.6 Å². The Morgan fingerprint density at radius 3 is 2.64 bits per heavy atom. The van der Waals surface area contributed by atoms with Crippen molar-refractivity contribution >= 4 is 28.9 Å². The smallest absolute Gasteiger partial charge is 0.339 e. The molecule has 0 bridgehead atoms. The number of carbonyl (C=O) groups excluding carboxylic acids is 2. The Bertz CT molecular complexity index is 1590. The third-order valence-corrected chi connectivity index (χ3v) is 12.8. The third kappa shape index (κ3) is 4.11. The molecule has 0 amide bonds. The molecule has 0 spiro atoms. The molecule has 7 rings (SSSR count). The molecule has 0 saturated heterocycles. The molecule has 0 unspecified atom stereocenters. The van der Waals surface area contributed by atoms with E-state index in [0.717, 1.165) is 48.0 Å². The van der Waals surface area contributed by atoms with Crippen LogP contribution in [0.5, 0.6) is 0 Å². The molecule has 4 fully saturated rings. The molecule has 1 aromatic carbocycles. The number of benzene rings is 1. The molecule has 0 radical (unpaired) electrons. The van der Waals surface area contributed by atoms with Crippen LogP contribution in [0, 0.1) is 45.7 Å². The quantitative estimate of drug-likeness (QED) is 0.427. The Morgan fingerprint density at radius 1 is 1.20 bits per heavy atom. The molecule has 10 heteroatoms. The summed E-state index contributed by atoms with van der Waals surface area (Å²) in [6, 6.07) is 8.37. The zero-order chi connectivity index (χ0) is 31.1. The number of aromatic nitrogens is 2. The molecule has 5 aliphatic carbocycles. The SMILES string of the molecule is COC1(C(=O)O[C@]2(C(=O)SCC#N)CC[C@H]3[C@@H]4CCC5=Cc6c(cnn6-c6ccc(F)cc6)C[C@]5(C)[C@H]4[C@@H](O)C[C@@]32C)CC1. The number of fused-ring (bicyclic) bond motifs is 6. The van der Waals surface area contributed by atoms with E-state index in [0.29, 0.717) is 32.1 Å². The van der Waals surface area contributed by atoms with Crippen LogP contribution in [0.2, 0.25) is 0 Å². The fraction of sp³-hybridized carbons (Fsp3) is 0.588. The lowest BCUT2D eigenvalue weighted by Crippen LogP contribution is -2.63. The minimum atomic E-state index is -1.43. The summed E-state index contributed by atoms with van der Waals surface area (Å²) in [5, 5.41) is 25.7. The number of aliphatic hydroxyl groups excluding tert-OH is 1. The van der Waals surface area contributed by atoms with E-state index in [1.165, 1.54) is 24.8 Å². The number of thioether (sulfide) groups is 1. The predicted octanol–water partition coefficient (Wildman–Crippen LogP) is 5.41. The van der Waals surface area contributed by atoms with Gasteiger partial charge >= 0.3 is 5.97 Å². The van der Waals surface area contributed by atoms with Crippen LogP contribution in [0.3, 0.4) is 0 Å². The van der Waals surface area contributed by atoms with E-state index in [4.69, 9.17) is 9.47 Å². The van der Waals surface area contributed by atoms with E-state index in [1.54, 1.807) is 12.1 Å². The normalized spacial score (nSPS) is 36.1. The van der Waals surface area contributed by atoms with Crippen LogP contribution >= 0.6 is 11.8 Å². The number of aliphatic hydroxyl groups is 1. The van der Waals surface area contributed by atoms with Gasteiger partial charge in [0.25, 0.3) is 0 Å². The van der Waals surface area contributed by atoms with Crippen molar-refractivity contribution in [2.75, 3.05) is 12.9 Å². The predicted molar refractivity (Wildman–Crippen MR) is 162 cm³/mol. The summed E-state index contributed by atoms with van der Waals surface area (Å²) < 4.78 is 27.3. The number of nitriles is 1. The monoisotopic (exact) mass is 619 g/mol. The molecule has 1 N–H and O–H groups in total. The summed E-state index contributed by atoms with van der Waals surface area (Å²) in [5.74, 6) is -0.670. The number of rotatable bonds is 6. The molecular weight excluding hydrogens is 581 g/mol. The maximum Gasteiger partial charge on any atom is 0.339 e. The van der Waals surface area contributed by atoms with Crippen LogP contribution < -0.4 is 0 Å². The van der Waals surface area contributed by atoms with E-state index in [2.05, 4.69) is 18.1 Å². The Hall–Kier alpha value is -3.00. The Kier molecular flexibility index (Phi) is 6.93. The Balaban J connectivity index is 1.22. The van der Waals surface area contributed by atoms with Crippen LogP contribution in [-0.4, -0.2) is 56.1 Å². The van der Waals surface area contributed by atoms with Crippen molar-refractivity contribution in [3.8, 4) is 11.8 Å². The van der Waals surface area contributed by atoms with Crippen molar-refractivity contribution in [3.05, 3.63) is 53.1 Å². The van der Waals surface area contributed by atoms with Gasteiger partial charge in [0.2, 0.25) is 5.12 Å². The zero-order valence-electron chi connectivity index (χ0n) is 25.3. The van der Waals surface area contributed by atoms with Crippen LogP contribution in [-0.2, 0) is 25.5 Å². The third-order valence-electron chi connectivity index (χ3n) is 11.9. The standard InChI is InChI=1S/C34H38FN3O5S/c1-31-17-20-19-37-38(23-7-5-22(35)6-8-23)26(20)16-21(31)4-9-24-25-10-11-34(30(41)44-15-14-36,32(25,2)18-27(39)28(24)31)43-29(40)33(42-3)12-13-33/h5-8,16,19,24-25,27-28,39H,4,9-13,15,17-18H2,1-3H3/t24-,25-,27-,28+,31-,32-,34-/m0/s1. The van der Waals surface area contributed by atoms with Crippen molar-refractivity contribution in [1.29, 1.82) is 5.26 Å². The van der Waals surface area contributed by atoms with Crippen molar-refractivity contribution < 1.29 is 28.6 Å². The minimum Gasteiger partial charge on any atom is -0.447 e. The second kappa shape index (κ2) is 10.3. The summed E-state index contributed by atoms with van der Waals surface area (Å²) in [6.07, 6.45) is 8.34. The average molecular weight is 620 g/mol. The molecule has 1 heterocycles. The van der Waals surface area contributed by atoms with Gasteiger partial charge in [-0.1, -0.05) is 31.2 Å². The number of carbonyl (C=O) groups is 2. The van der Waals surface area contributed by atoms with Crippen LogP contribution in [0.25, 0.3) is 11.8 Å². The molecule has 7 atom stereocenters. The summed E-state index contributed by atoms with van der Waals surface area (Å²) in [7, 11) is 1.49. The van der Waals surface area contributed by atoms with Gasteiger partial charge in [0, 0.05) is 12.5 Å². The maximum atomic E-state index is 14.0. The summed E-state index contributed by atoms with van der Waals surface area (Å²) in [4.78, 5) is 27.4. The largest absolute Gasteiger partial charge is 0.447 e. The highest BCUT2D eigenvalue weighted by Gasteiger charge is 2.71. The van der Waals surface area contributed by atoms with Crippen molar-refractivity contribution in [3.63, 3.8) is 0 Å². The van der Waals surface area contributed by atoms with E-state index in [9.17, 15) is 24.3 Å². The number of hydrogen-bond donors (Lipinski definition) is 1. The molecule has 232 valence electrons. The number of methoxy groups -OCH3 is 1. The second-order valence-electron chi connectivity index (χ2n) is 13.9. The first-order chi connectivity index (χ1) is 21.0. The van der Waals surface area contributed by atoms with E-state index < -0.39 is 28.7 Å². The number of halogens is 1. The van der Waals surface area contributed by atoms with Gasteiger partial charge in [-0.3, -0.25) is 4.79 Å². The van der Waals surface area contributed by atoms with Gasteiger partial charge in [-0.25, -0.2) is 13.9 Å². The van der Waals surface area contributed by atoms with E-state index in [-0.39, 0.29) is 39.9 Å². The molecule has 4 saturated carbocycles. The van der Waals surface area contributed by atoms with Gasteiger partial charge in [-0.05, 0) is 110 Å². The Labute approximate surface area is 261 Å². The number of allylic oxidation sites excluding steroid dienone is 1. The van der Waals surface area contributed by atoms with Crippen LogP contribution in [0.1, 0.15) is 70.1 Å². The minimum absolute atomic E-state index is 0.0247. The highest BCUT2D eigenvalue weighted by molar-refractivity contribution is 8.14. The lowest BCUT2D eigenvalue weighted by atomic mass is 9.45. The molecule has 0 aliphatic heterocycles. The Morgan fingerprint density at radius 2 is 1.95 bits per heavy atom. The number of hydrogen-bond acceptors (Lipinski definition) is 8. The van der Waals surface area contributed by atoms with E-state index in [1.807, 2.05) is 23.9 Å². The second-order valence-corrected chi connectivity index (χ2v) is 14.9. The van der Waals surface area contributed by atoms with Gasteiger partial charge in [-0.15, -0.1) is 0 Å². The van der Waals surface area contributed by atoms with Crippen molar-refractivity contribution in [1.82, 2.24) is 9.78 Å². The number of esters is 1. The molecule has 5 aliphatic rings. The number of ether oxygens (including phenoxy) is 2. The first kappa shape index (κ1) is 29.7. The highest BCUT2D eigenvalue weighted by Crippen LogP contribution is 2.69. The summed E-state index contributed by atoms with van der Waals surface area (Å²) in [6.45, 7) is 4.28. The first-order valence-electron chi connectivity index (χ1n) is 15.6. The lowest BCUT2D eigenvalue weighted by Gasteiger charge is -2.60. The maximum absolute atomic E-state index is 14.0. The zero-order valence-corrected chi connectivity index (χ0v) is 26.2. The fourth-order valence-electron chi connectivity index (χ4n) is 9.58. The molecule has 1 aromatic heterocycles. The molecule has 44 heavy (non-hydrogen) atoms. The summed E-state index contributed by atoms with van der Waals surface area (Å²) >= 11 is 0.910. The van der Waals surface area contributed by atoms with Gasteiger partial charge in [0.05, 0.1) is 35.5 Å². The molecule has 8 nitrogen and oxygen atoms in total. The van der Waals surface area contributed by atoms with Crippen molar-refractivity contribution in [2.24, 2.45) is 28.6 Å². The summed E-state index contributed by atoms with van der Waals surface area (Å²) in [5.41, 5.74) is 0.653. The molecule has 2 aromatic rings. The van der Waals surface area contributed by atoms with Crippen LogP contribution in [0.15, 0.2) is 36.0 Å². The molecular formula is C34H38FN3O5S. The van der Waals surface area contributed by atoms with Gasteiger partial charge in [-0.2, -0.15) is 10.4 Å². The van der Waals surface area contributed by atoms with Gasteiger partial charge in [0.15, 0.2) is 11.2 Å². The van der Waals surface area contributed by atoms with Gasteiger partial charge in [0.1, 0.15) is 5.82 Å². The number of nitrogens with zero attached hydrogens (tertiary/aromatic N) is 3. The topological polar surface area (TPSA) is 114 Å². The highest BCUT2D eigenvalue weighted by atomic mass is 32.2. The fourth-order valence-corrected chi connectivity index (χ4v) is 10.4. The van der Waals surface area contributed by atoms with Crippen LogP contribution in [0.4, 0.5) is 4.39 Å². The first-order valence-corrected chi connectivity index (χ1v) is 16.6. The van der Waals surface area contributed by atoms with E-state index >= 15 is 0 Å². The van der Waals surface area contributed by atoms with Crippen molar-refractivity contribution in [2.45, 2.75) is 82.5 Å². The lowest BCUT2D eigenvalue weighted by molar-refractivity contribution is -0.204.